The van der Waals surface area contributed by atoms with Gasteiger partial charge in [0.1, 0.15) is 0 Å². The predicted octanol–water partition coefficient (Wildman–Crippen LogP) is 2.74. The Balaban J connectivity index is 1.72. The summed E-state index contributed by atoms with van der Waals surface area (Å²) in [5.41, 5.74) is 7.92. The molecule has 1 amide bonds. The molecule has 0 spiro atoms. The highest BCUT2D eigenvalue weighted by molar-refractivity contribution is 5.66. The molecule has 4 nitrogen and oxygen atoms in total. The van der Waals surface area contributed by atoms with Gasteiger partial charge in [0.2, 0.25) is 0 Å². The molecule has 4 unspecified atom stereocenters. The van der Waals surface area contributed by atoms with Gasteiger partial charge >= 0.3 is 6.09 Å². The van der Waals surface area contributed by atoms with E-state index in [4.69, 9.17) is 5.73 Å². The molecule has 4 aliphatic rings. The largest absolute Gasteiger partial charge is 0.465 e. The summed E-state index contributed by atoms with van der Waals surface area (Å²) in [5.74, 6) is 1.18. The maximum absolute atomic E-state index is 11.2. The highest BCUT2D eigenvalue weighted by Crippen LogP contribution is 2.66. The van der Waals surface area contributed by atoms with Crippen molar-refractivity contribution in [2.45, 2.75) is 43.1 Å². The van der Waals surface area contributed by atoms with Gasteiger partial charge in [0.15, 0.2) is 0 Å². The third-order valence-corrected chi connectivity index (χ3v) is 5.90. The van der Waals surface area contributed by atoms with Gasteiger partial charge in [-0.2, -0.15) is 0 Å². The highest BCUT2D eigenvalue weighted by Gasteiger charge is 2.64. The lowest BCUT2D eigenvalue weighted by Crippen LogP contribution is -2.50. The van der Waals surface area contributed by atoms with Crippen LogP contribution in [0.5, 0.6) is 0 Å². The summed E-state index contributed by atoms with van der Waals surface area (Å²) >= 11 is 0. The molecule has 4 saturated carbocycles. The average Bonchev–Trinajstić information content (AvgIpc) is 2.72. The Morgan fingerprint density at radius 1 is 1.25 bits per heavy atom. The number of amides is 1. The molecule has 5 rings (SSSR count). The summed E-state index contributed by atoms with van der Waals surface area (Å²) in [4.78, 5) is 11.2. The second kappa shape index (κ2) is 3.68. The van der Waals surface area contributed by atoms with Crippen molar-refractivity contribution in [2.24, 2.45) is 11.8 Å². The molecule has 4 aliphatic carbocycles. The molecule has 4 heteroatoms. The van der Waals surface area contributed by atoms with Crippen molar-refractivity contribution in [3.63, 3.8) is 0 Å². The molecular formula is C16H20N2O2. The van der Waals surface area contributed by atoms with Crippen molar-refractivity contribution in [1.29, 1.82) is 0 Å². The maximum Gasteiger partial charge on any atom is 0.405 e. The number of anilines is 1. The molecule has 0 aliphatic heterocycles. The Kier molecular flexibility index (Phi) is 2.22. The summed E-state index contributed by atoms with van der Waals surface area (Å²) in [5, 5.41) is 12.1. The van der Waals surface area contributed by atoms with Crippen LogP contribution in [0, 0.1) is 11.8 Å². The van der Waals surface area contributed by atoms with Crippen LogP contribution in [0.15, 0.2) is 24.3 Å². The van der Waals surface area contributed by atoms with E-state index in [1.807, 2.05) is 12.1 Å². The van der Waals surface area contributed by atoms with Crippen molar-refractivity contribution in [3.8, 4) is 0 Å². The molecule has 4 fully saturated rings. The molecular weight excluding hydrogens is 252 g/mol. The van der Waals surface area contributed by atoms with Gasteiger partial charge in [0, 0.05) is 11.2 Å². The molecule has 0 aromatic heterocycles. The van der Waals surface area contributed by atoms with Gasteiger partial charge in [0.05, 0.1) is 0 Å². The van der Waals surface area contributed by atoms with E-state index in [0.29, 0.717) is 11.8 Å². The van der Waals surface area contributed by atoms with Crippen LogP contribution in [-0.4, -0.2) is 16.7 Å². The van der Waals surface area contributed by atoms with Crippen molar-refractivity contribution in [3.05, 3.63) is 29.8 Å². The lowest BCUT2D eigenvalue weighted by Gasteiger charge is -2.41. The first kappa shape index (κ1) is 12.1. The normalized spacial score (nSPS) is 41.0. The standard InChI is InChI=1S/C16H20N2O2/c17-13-3-1-11(2-4-13)15-6-10-5-12(8-15)16(7-10,9-15)18-14(19)20/h1-4,10,12,18H,5-9,17H2,(H,19,20). The number of carbonyl (C=O) groups is 1. The van der Waals surface area contributed by atoms with Crippen molar-refractivity contribution < 1.29 is 9.90 Å². The molecule has 1 aromatic carbocycles. The monoisotopic (exact) mass is 272 g/mol. The molecule has 1 aromatic rings. The molecule has 0 heterocycles. The zero-order valence-corrected chi connectivity index (χ0v) is 11.4. The van der Waals surface area contributed by atoms with Crippen LogP contribution in [0.2, 0.25) is 0 Å². The van der Waals surface area contributed by atoms with E-state index in [1.54, 1.807) is 0 Å². The average molecular weight is 272 g/mol. The first-order chi connectivity index (χ1) is 9.51. The van der Waals surface area contributed by atoms with Crippen molar-refractivity contribution in [2.75, 3.05) is 5.73 Å². The van der Waals surface area contributed by atoms with Crippen LogP contribution >= 0.6 is 0 Å². The third kappa shape index (κ3) is 1.51. The third-order valence-electron chi connectivity index (χ3n) is 5.90. The minimum atomic E-state index is -0.870. The van der Waals surface area contributed by atoms with Gasteiger partial charge in [-0.3, -0.25) is 0 Å². The number of rotatable bonds is 2. The van der Waals surface area contributed by atoms with Gasteiger partial charge < -0.3 is 16.2 Å². The molecule has 20 heavy (non-hydrogen) atoms. The first-order valence-corrected chi connectivity index (χ1v) is 7.39. The van der Waals surface area contributed by atoms with Crippen LogP contribution in [0.4, 0.5) is 10.5 Å². The van der Waals surface area contributed by atoms with Crippen LogP contribution in [0.1, 0.15) is 37.7 Å². The van der Waals surface area contributed by atoms with Crippen LogP contribution < -0.4 is 11.1 Å². The van der Waals surface area contributed by atoms with Crippen LogP contribution in [0.3, 0.4) is 0 Å². The fourth-order valence-corrected chi connectivity index (χ4v) is 5.48. The zero-order valence-electron chi connectivity index (χ0n) is 11.4. The number of nitrogens with two attached hydrogens (primary N) is 1. The van der Waals surface area contributed by atoms with Gasteiger partial charge in [-0.1, -0.05) is 12.1 Å². The van der Waals surface area contributed by atoms with Crippen molar-refractivity contribution in [1.82, 2.24) is 5.32 Å². The Morgan fingerprint density at radius 3 is 2.70 bits per heavy atom. The lowest BCUT2D eigenvalue weighted by molar-refractivity contribution is 0.160. The summed E-state index contributed by atoms with van der Waals surface area (Å²) in [6, 6.07) is 8.21. The second-order valence-corrected chi connectivity index (χ2v) is 7.08. The summed E-state index contributed by atoms with van der Waals surface area (Å²) in [6.07, 6.45) is 4.63. The van der Waals surface area contributed by atoms with E-state index in [0.717, 1.165) is 24.9 Å². The van der Waals surface area contributed by atoms with E-state index in [1.165, 1.54) is 18.4 Å². The Bertz CT molecular complexity index is 570. The fraction of sp³-hybridized carbons (Fsp3) is 0.562. The molecule has 4 N–H and O–H groups in total. The summed E-state index contributed by atoms with van der Waals surface area (Å²) < 4.78 is 0. The number of nitrogens with one attached hydrogen (secondary N) is 1. The van der Waals surface area contributed by atoms with Crippen LogP contribution in [0.25, 0.3) is 0 Å². The van der Waals surface area contributed by atoms with E-state index in [2.05, 4.69) is 17.4 Å². The van der Waals surface area contributed by atoms with E-state index in [-0.39, 0.29) is 11.0 Å². The quantitative estimate of drug-likeness (QED) is 0.725. The van der Waals surface area contributed by atoms with Gasteiger partial charge in [0.25, 0.3) is 0 Å². The molecule has 4 bridgehead atoms. The SMILES string of the molecule is Nc1ccc(C23CC4CC(C2)C(NC(=O)O)(C4)C3)cc1. The van der Waals surface area contributed by atoms with Gasteiger partial charge in [-0.05, 0) is 67.1 Å². The molecule has 0 radical (unpaired) electrons. The van der Waals surface area contributed by atoms with Gasteiger partial charge in [-0.15, -0.1) is 0 Å². The lowest BCUT2D eigenvalue weighted by atomic mass is 9.65. The minimum Gasteiger partial charge on any atom is -0.465 e. The number of nitrogen functional groups attached to an aromatic ring is 1. The van der Waals surface area contributed by atoms with Crippen molar-refractivity contribution >= 4 is 11.8 Å². The fourth-order valence-electron chi connectivity index (χ4n) is 5.48. The second-order valence-electron chi connectivity index (χ2n) is 7.08. The molecule has 4 atom stereocenters. The smallest absolute Gasteiger partial charge is 0.405 e. The maximum atomic E-state index is 11.2. The highest BCUT2D eigenvalue weighted by atomic mass is 16.4. The minimum absolute atomic E-state index is 0.169. The zero-order chi connectivity index (χ0) is 14.0. The van der Waals surface area contributed by atoms with E-state index in [9.17, 15) is 9.90 Å². The Labute approximate surface area is 118 Å². The Hall–Kier alpha value is -1.71. The summed E-state index contributed by atoms with van der Waals surface area (Å²) in [6.45, 7) is 0. The number of benzene rings is 1. The number of carboxylic acid groups (broad SMARTS) is 1. The van der Waals surface area contributed by atoms with E-state index < -0.39 is 6.09 Å². The summed E-state index contributed by atoms with van der Waals surface area (Å²) in [7, 11) is 0. The predicted molar refractivity (Wildman–Crippen MR) is 76.5 cm³/mol. The van der Waals surface area contributed by atoms with Crippen LogP contribution in [-0.2, 0) is 5.41 Å². The number of hydrogen-bond acceptors (Lipinski definition) is 2. The topological polar surface area (TPSA) is 75.3 Å². The number of hydrogen-bond donors (Lipinski definition) is 3. The first-order valence-electron chi connectivity index (χ1n) is 7.39. The molecule has 106 valence electrons. The van der Waals surface area contributed by atoms with Gasteiger partial charge in [-0.25, -0.2) is 4.79 Å². The van der Waals surface area contributed by atoms with E-state index >= 15 is 0 Å². The molecule has 0 saturated heterocycles. The Morgan fingerprint density at radius 2 is 2.00 bits per heavy atom.